The van der Waals surface area contributed by atoms with Crippen LogP contribution in [0.25, 0.3) is 22.3 Å². The largest absolute Gasteiger partial charge is 0.472 e. The van der Waals surface area contributed by atoms with Crippen molar-refractivity contribution in [1.82, 2.24) is 39.0 Å². The molecule has 3 aliphatic carbocycles. The molecule has 1 spiro atoms. The van der Waals surface area contributed by atoms with Gasteiger partial charge in [0.1, 0.15) is 42.1 Å². The second-order valence-corrected chi connectivity index (χ2v) is 15.1. The third kappa shape index (κ3) is 4.59. The number of nitrogens with one attached hydrogen (secondary N) is 1. The summed E-state index contributed by atoms with van der Waals surface area (Å²) in [5.74, 6) is -0.989. The number of phosphoric acid groups is 2. The van der Waals surface area contributed by atoms with Gasteiger partial charge in [0.2, 0.25) is 0 Å². The molecule has 46 heavy (non-hydrogen) atoms. The molecule has 0 aromatic carbocycles. The maximum absolute atomic E-state index is 13.4. The van der Waals surface area contributed by atoms with Crippen molar-refractivity contribution in [3.8, 4) is 0 Å². The van der Waals surface area contributed by atoms with E-state index in [0.717, 1.165) is 0 Å². The number of hydrogen-bond donors (Lipinski definition) is 6. The van der Waals surface area contributed by atoms with Gasteiger partial charge >= 0.3 is 15.6 Å². The molecule has 22 heteroatoms. The molecular formula is C24H29N9O11P2. The van der Waals surface area contributed by atoms with E-state index in [9.17, 15) is 33.9 Å². The van der Waals surface area contributed by atoms with E-state index < -0.39 is 88.2 Å². The van der Waals surface area contributed by atoms with Crippen LogP contribution in [0.5, 0.6) is 0 Å². The highest BCUT2D eigenvalue weighted by Crippen LogP contribution is 2.72. The molecular weight excluding hydrogens is 652 g/mol. The van der Waals surface area contributed by atoms with E-state index in [0.29, 0.717) is 11.5 Å². The third-order valence-electron chi connectivity index (χ3n) is 9.62. The van der Waals surface area contributed by atoms with Crippen LogP contribution in [0.4, 0.5) is 5.82 Å². The number of nitrogen functional groups attached to an aromatic ring is 1. The number of nitrogens with zero attached hydrogens (tertiary/aromatic N) is 7. The minimum absolute atomic E-state index is 0.0305. The van der Waals surface area contributed by atoms with E-state index in [1.54, 1.807) is 6.92 Å². The molecule has 20 nitrogen and oxygen atoms in total. The van der Waals surface area contributed by atoms with Crippen LogP contribution in [0.3, 0.4) is 0 Å². The highest BCUT2D eigenvalue weighted by Gasteiger charge is 2.74. The fraction of sp³-hybridized carbons (Fsp3) is 0.583. The van der Waals surface area contributed by atoms with Crippen LogP contribution in [0.1, 0.15) is 30.7 Å². The zero-order valence-electron chi connectivity index (χ0n) is 23.9. The summed E-state index contributed by atoms with van der Waals surface area (Å²) in [6.07, 6.45) is -1.43. The molecule has 11 atom stereocenters. The fourth-order valence-corrected chi connectivity index (χ4v) is 9.59. The number of fused-ring (bicyclic) bond motifs is 3. The van der Waals surface area contributed by atoms with Gasteiger partial charge in [0.05, 0.1) is 38.0 Å². The van der Waals surface area contributed by atoms with Crippen LogP contribution in [0.15, 0.2) is 23.8 Å². The van der Waals surface area contributed by atoms with Gasteiger partial charge in [-0.15, -0.1) is 0 Å². The average molecular weight is 681 g/mol. The van der Waals surface area contributed by atoms with Crippen LogP contribution in [0, 0.1) is 24.2 Å². The number of nitrogens with two attached hydrogens (primary N) is 1. The van der Waals surface area contributed by atoms with Crippen molar-refractivity contribution in [3.63, 3.8) is 0 Å². The lowest BCUT2D eigenvalue weighted by Crippen LogP contribution is -2.39. The molecule has 3 saturated carbocycles. The molecule has 1 aliphatic heterocycles. The first kappa shape index (κ1) is 30.2. The summed E-state index contributed by atoms with van der Waals surface area (Å²) in [4.78, 5) is 57.5. The van der Waals surface area contributed by atoms with Crippen molar-refractivity contribution >= 4 is 43.8 Å². The monoisotopic (exact) mass is 681 g/mol. The zero-order chi connectivity index (χ0) is 32.3. The quantitative estimate of drug-likeness (QED) is 0.148. The molecule has 0 bridgehead atoms. The number of aromatic amines is 1. The molecule has 4 aliphatic rings. The second kappa shape index (κ2) is 10.2. The number of hydrogen-bond acceptors (Lipinski definition) is 15. The van der Waals surface area contributed by atoms with Gasteiger partial charge in [-0.2, -0.15) is 0 Å². The summed E-state index contributed by atoms with van der Waals surface area (Å²) >= 11 is 0. The smallest absolute Gasteiger partial charge is 0.388 e. The summed E-state index contributed by atoms with van der Waals surface area (Å²) in [5, 5.41) is 22.8. The number of phosphoric ester groups is 2. The Bertz CT molecular complexity index is 2040. The Hall–Kier alpha value is -3.16. The minimum Gasteiger partial charge on any atom is -0.388 e. The van der Waals surface area contributed by atoms with Crippen molar-refractivity contribution < 1.29 is 47.2 Å². The highest BCUT2D eigenvalue weighted by molar-refractivity contribution is 7.47. The number of imidazole rings is 2. The van der Waals surface area contributed by atoms with Gasteiger partial charge in [0.15, 0.2) is 22.6 Å². The number of anilines is 1. The Balaban J connectivity index is 1.11. The van der Waals surface area contributed by atoms with E-state index in [1.165, 1.54) is 28.1 Å². The van der Waals surface area contributed by atoms with E-state index >= 15 is 0 Å². The van der Waals surface area contributed by atoms with Gasteiger partial charge in [0, 0.05) is 11.3 Å². The van der Waals surface area contributed by atoms with Crippen LogP contribution in [0.2, 0.25) is 0 Å². The molecule has 4 aromatic heterocycles. The number of aromatic nitrogens is 8. The summed E-state index contributed by atoms with van der Waals surface area (Å²) in [6.45, 7) is 0.541. The van der Waals surface area contributed by atoms with E-state index in [4.69, 9.17) is 23.8 Å². The van der Waals surface area contributed by atoms with Crippen LogP contribution in [-0.4, -0.2) is 96.7 Å². The summed E-state index contributed by atoms with van der Waals surface area (Å²) in [5.41, 5.74) is 4.99. The maximum Gasteiger partial charge on any atom is 0.472 e. The van der Waals surface area contributed by atoms with Gasteiger partial charge < -0.3 is 39.9 Å². The number of aliphatic hydroxyl groups excluding tert-OH is 2. The van der Waals surface area contributed by atoms with E-state index in [-0.39, 0.29) is 35.3 Å². The first-order valence-electron chi connectivity index (χ1n) is 14.3. The minimum atomic E-state index is -4.89. The standard InChI is InChI=1S/C24H29N9O11P2/c1-9-30-22-14(23(36)31-9)29-8-33(22)15-11-3-24(11)5-42-46(39,40)43-18-10(4-41-45(37,38)44-19(24)17(15)35)2-12(16(18)34)32-7-28-13-20(25)26-6-27-21(13)32/h6-8,10-12,15-19,34-35H,2-5H2,1H3,(H,37,38)(H,39,40)(H2,25,26,27)(H,30,31,36)/t10-,11-,12-,15-,16+,17+,18-,19+,24-/m1/s1. The Morgan fingerprint density at radius 1 is 1.00 bits per heavy atom. The number of aliphatic hydroxyl groups is 2. The van der Waals surface area contributed by atoms with Crippen molar-refractivity contribution in [2.24, 2.45) is 17.3 Å². The van der Waals surface area contributed by atoms with Gasteiger partial charge in [-0.3, -0.25) is 22.9 Å². The molecule has 4 fully saturated rings. The summed E-state index contributed by atoms with van der Waals surface area (Å²) in [6, 6.07) is -1.66. The lowest BCUT2D eigenvalue weighted by molar-refractivity contribution is -0.0516. The summed E-state index contributed by atoms with van der Waals surface area (Å²) < 4.78 is 51.7. The molecule has 5 heterocycles. The van der Waals surface area contributed by atoms with Gasteiger partial charge in [-0.05, 0) is 25.7 Å². The van der Waals surface area contributed by atoms with E-state index in [1.807, 2.05) is 0 Å². The lowest BCUT2D eigenvalue weighted by atomic mass is 10.0. The normalized spacial score (nSPS) is 41.1. The predicted octanol–water partition coefficient (Wildman–Crippen LogP) is -0.288. The number of H-pyrrole nitrogens is 1. The van der Waals surface area contributed by atoms with Crippen LogP contribution >= 0.6 is 15.6 Å². The lowest BCUT2D eigenvalue weighted by Gasteiger charge is -2.32. The summed E-state index contributed by atoms with van der Waals surface area (Å²) in [7, 11) is -9.78. The molecule has 246 valence electrons. The third-order valence-corrected chi connectivity index (χ3v) is 11.6. The average Bonchev–Trinajstić information content (AvgIpc) is 3.25. The van der Waals surface area contributed by atoms with Crippen molar-refractivity contribution in [3.05, 3.63) is 35.2 Å². The van der Waals surface area contributed by atoms with Crippen LogP contribution in [-0.2, 0) is 27.2 Å². The van der Waals surface area contributed by atoms with Gasteiger partial charge in [0.25, 0.3) is 5.56 Å². The molecule has 8 rings (SSSR count). The number of rotatable bonds is 2. The van der Waals surface area contributed by atoms with Crippen molar-refractivity contribution in [2.75, 3.05) is 18.9 Å². The van der Waals surface area contributed by atoms with Gasteiger partial charge in [-0.25, -0.2) is 34.0 Å². The highest BCUT2D eigenvalue weighted by atomic mass is 31.2. The van der Waals surface area contributed by atoms with Gasteiger partial charge in [-0.1, -0.05) is 0 Å². The maximum atomic E-state index is 13.4. The SMILES string of the molecule is Cc1nc2c(ncn2[C@H]2[C@H](O)[C@@H]3OP(=O)(O)OC[C@H]4C[C@@H](n5cnc6c(N)ncnc65)[C@H](O)[C@@H]4OP(=O)(O)OC[C@@]34C[C@H]24)c(=O)[nH]1. The molecule has 4 aromatic rings. The fourth-order valence-electron chi connectivity index (χ4n) is 7.46. The zero-order valence-corrected chi connectivity index (χ0v) is 25.7. The molecule has 1 saturated heterocycles. The number of aryl methyl sites for hydroxylation is 1. The molecule has 0 amide bonds. The topological polar surface area (TPSA) is 285 Å². The van der Waals surface area contributed by atoms with Crippen LogP contribution < -0.4 is 11.3 Å². The molecule has 2 unspecified atom stereocenters. The van der Waals surface area contributed by atoms with Crippen molar-refractivity contribution in [2.45, 2.75) is 56.3 Å². The Morgan fingerprint density at radius 2 is 1.74 bits per heavy atom. The van der Waals surface area contributed by atoms with Crippen molar-refractivity contribution in [1.29, 1.82) is 0 Å². The first-order valence-corrected chi connectivity index (χ1v) is 17.3. The van der Waals surface area contributed by atoms with E-state index in [2.05, 4.69) is 29.9 Å². The Morgan fingerprint density at radius 3 is 2.54 bits per heavy atom. The predicted molar refractivity (Wildman–Crippen MR) is 153 cm³/mol. The molecule has 7 N–H and O–H groups in total. The molecule has 0 radical (unpaired) electrons. The Kier molecular flexibility index (Phi) is 6.67. The Labute approximate surface area is 257 Å². The first-order chi connectivity index (χ1) is 21.8. The second-order valence-electron chi connectivity index (χ2n) is 12.2.